The number of nitrogens with zero attached hydrogens (tertiary/aromatic N) is 2. The van der Waals surface area contributed by atoms with Crippen LogP contribution in [0, 0.1) is 0 Å². The van der Waals surface area contributed by atoms with Crippen molar-refractivity contribution in [1.82, 2.24) is 8.61 Å². The summed E-state index contributed by atoms with van der Waals surface area (Å²) in [7, 11) is 0. The third-order valence-corrected chi connectivity index (χ3v) is 5.75. The Morgan fingerprint density at radius 2 is 0.938 bits per heavy atom. The zero-order chi connectivity index (χ0) is 11.1. The Labute approximate surface area is 109 Å². The minimum atomic E-state index is 1.29. The van der Waals surface area contributed by atoms with Gasteiger partial charge in [-0.3, -0.25) is 8.61 Å². The summed E-state index contributed by atoms with van der Waals surface area (Å²) in [5.41, 5.74) is 0. The molecule has 0 atom stereocenters. The first-order chi connectivity index (χ1) is 7.95. The van der Waals surface area contributed by atoms with Crippen LogP contribution in [0.5, 0.6) is 0 Å². The van der Waals surface area contributed by atoms with Crippen LogP contribution in [-0.4, -0.2) is 46.3 Å². The van der Waals surface area contributed by atoms with Crippen molar-refractivity contribution in [3.8, 4) is 0 Å². The quantitative estimate of drug-likeness (QED) is 0.553. The summed E-state index contributed by atoms with van der Waals surface area (Å²) in [5, 5.41) is 0. The molecule has 0 radical (unpaired) electrons. The van der Waals surface area contributed by atoms with Crippen molar-refractivity contribution in [1.29, 1.82) is 0 Å². The monoisotopic (exact) mass is 260 g/mol. The lowest BCUT2D eigenvalue weighted by Gasteiger charge is -2.27. The van der Waals surface area contributed by atoms with Crippen LogP contribution in [0.25, 0.3) is 0 Å². The Bertz CT molecular complexity index is 158. The third-order valence-electron chi connectivity index (χ3n) is 3.26. The first-order valence-electron chi connectivity index (χ1n) is 6.71. The fourth-order valence-corrected chi connectivity index (χ4v) is 4.47. The van der Waals surface area contributed by atoms with Gasteiger partial charge in [-0.1, -0.05) is 36.7 Å². The van der Waals surface area contributed by atoms with Gasteiger partial charge < -0.3 is 0 Å². The van der Waals surface area contributed by atoms with Crippen molar-refractivity contribution in [3.63, 3.8) is 0 Å². The van der Waals surface area contributed by atoms with E-state index in [1.807, 2.05) is 0 Å². The summed E-state index contributed by atoms with van der Waals surface area (Å²) in [6, 6.07) is 0. The van der Waals surface area contributed by atoms with E-state index in [4.69, 9.17) is 0 Å². The minimum absolute atomic E-state index is 1.29. The molecule has 94 valence electrons. The molecule has 2 heterocycles. The number of rotatable bonds is 5. The highest BCUT2D eigenvalue weighted by molar-refractivity contribution is 8.00. The molecule has 2 nitrogen and oxygen atoms in total. The first kappa shape index (κ1) is 13.1. The molecular weight excluding hydrogens is 236 g/mol. The van der Waals surface area contributed by atoms with Crippen molar-refractivity contribution in [2.75, 3.05) is 37.7 Å². The molecule has 2 aliphatic rings. The maximum Gasteiger partial charge on any atom is 0.0184 e. The van der Waals surface area contributed by atoms with Gasteiger partial charge in [0.1, 0.15) is 0 Å². The summed E-state index contributed by atoms with van der Waals surface area (Å²) in [5.74, 6) is 2.59. The second-order valence-corrected chi connectivity index (χ2v) is 7.01. The Morgan fingerprint density at radius 1 is 0.562 bits per heavy atom. The van der Waals surface area contributed by atoms with E-state index in [-0.39, 0.29) is 0 Å². The molecule has 4 heteroatoms. The lowest BCUT2D eigenvalue weighted by atomic mass is 10.2. The SMILES string of the molecule is C1CCN(SCCSN2CCCCC2)CC1. The largest absolute Gasteiger partial charge is 0.251 e. The van der Waals surface area contributed by atoms with Crippen LogP contribution in [0.3, 0.4) is 0 Å². The summed E-state index contributed by atoms with van der Waals surface area (Å²) in [4.78, 5) is 0. The molecule has 2 aliphatic heterocycles. The average molecular weight is 260 g/mol. The molecule has 0 aromatic heterocycles. The molecule has 0 spiro atoms. The van der Waals surface area contributed by atoms with Crippen molar-refractivity contribution in [3.05, 3.63) is 0 Å². The summed E-state index contributed by atoms with van der Waals surface area (Å²) < 4.78 is 5.14. The van der Waals surface area contributed by atoms with Gasteiger partial charge in [-0.05, 0) is 25.7 Å². The standard InChI is InChI=1S/C12H24N2S2/c1-3-7-13(8-4-1)15-11-12-16-14-9-5-2-6-10-14/h1-12H2. The van der Waals surface area contributed by atoms with Crippen LogP contribution in [-0.2, 0) is 0 Å². The van der Waals surface area contributed by atoms with Gasteiger partial charge in [0.2, 0.25) is 0 Å². The Morgan fingerprint density at radius 3 is 1.31 bits per heavy atom. The Kier molecular flexibility index (Phi) is 6.41. The van der Waals surface area contributed by atoms with E-state index in [9.17, 15) is 0 Å². The van der Waals surface area contributed by atoms with Gasteiger partial charge in [-0.25, -0.2) is 0 Å². The van der Waals surface area contributed by atoms with E-state index in [2.05, 4.69) is 32.5 Å². The van der Waals surface area contributed by atoms with E-state index in [0.717, 1.165) is 0 Å². The summed E-state index contributed by atoms with van der Waals surface area (Å²) in [6.07, 6.45) is 8.52. The molecule has 2 saturated heterocycles. The highest BCUT2D eigenvalue weighted by Crippen LogP contribution is 2.22. The zero-order valence-corrected chi connectivity index (χ0v) is 11.8. The predicted molar refractivity (Wildman–Crippen MR) is 75.8 cm³/mol. The van der Waals surface area contributed by atoms with Crippen molar-refractivity contribution in [2.24, 2.45) is 0 Å². The summed E-state index contributed by atoms with van der Waals surface area (Å²) in [6.45, 7) is 5.27. The van der Waals surface area contributed by atoms with Gasteiger partial charge in [0.05, 0.1) is 0 Å². The van der Waals surface area contributed by atoms with Crippen LogP contribution in [0.4, 0.5) is 0 Å². The van der Waals surface area contributed by atoms with Gasteiger partial charge in [-0.2, -0.15) is 0 Å². The van der Waals surface area contributed by atoms with Crippen LogP contribution in [0.1, 0.15) is 38.5 Å². The molecular formula is C12H24N2S2. The van der Waals surface area contributed by atoms with Crippen molar-refractivity contribution < 1.29 is 0 Å². The molecule has 0 aromatic rings. The second-order valence-electron chi connectivity index (χ2n) is 4.65. The topological polar surface area (TPSA) is 6.48 Å². The molecule has 0 amide bonds. The fourth-order valence-electron chi connectivity index (χ4n) is 2.32. The predicted octanol–water partition coefficient (Wildman–Crippen LogP) is 3.25. The van der Waals surface area contributed by atoms with E-state index in [1.54, 1.807) is 0 Å². The number of hydrogen-bond donors (Lipinski definition) is 0. The van der Waals surface area contributed by atoms with Crippen LogP contribution >= 0.6 is 23.9 Å². The smallest absolute Gasteiger partial charge is 0.0184 e. The first-order valence-corrected chi connectivity index (χ1v) is 8.59. The molecule has 0 aromatic carbocycles. The Balaban J connectivity index is 1.47. The molecule has 16 heavy (non-hydrogen) atoms. The lowest BCUT2D eigenvalue weighted by molar-refractivity contribution is 0.379. The van der Waals surface area contributed by atoms with Gasteiger partial charge >= 0.3 is 0 Å². The minimum Gasteiger partial charge on any atom is -0.251 e. The van der Waals surface area contributed by atoms with Crippen LogP contribution in [0.2, 0.25) is 0 Å². The number of hydrogen-bond acceptors (Lipinski definition) is 4. The van der Waals surface area contributed by atoms with Gasteiger partial charge in [0.25, 0.3) is 0 Å². The van der Waals surface area contributed by atoms with E-state index in [0.29, 0.717) is 0 Å². The lowest BCUT2D eigenvalue weighted by Crippen LogP contribution is -2.25. The molecule has 0 bridgehead atoms. The molecule has 0 saturated carbocycles. The highest BCUT2D eigenvalue weighted by Gasteiger charge is 2.12. The molecule has 0 unspecified atom stereocenters. The molecule has 2 rings (SSSR count). The Hall–Kier alpha value is 0.620. The zero-order valence-electron chi connectivity index (χ0n) is 10.2. The van der Waals surface area contributed by atoms with E-state index < -0.39 is 0 Å². The second kappa shape index (κ2) is 7.85. The van der Waals surface area contributed by atoms with Crippen molar-refractivity contribution in [2.45, 2.75) is 38.5 Å². The molecule has 0 N–H and O–H groups in total. The fraction of sp³-hybridized carbons (Fsp3) is 1.00. The van der Waals surface area contributed by atoms with Gasteiger partial charge in [-0.15, -0.1) is 0 Å². The van der Waals surface area contributed by atoms with Crippen molar-refractivity contribution >= 4 is 23.9 Å². The number of piperidine rings is 2. The molecule has 2 fully saturated rings. The average Bonchev–Trinajstić information content (AvgIpc) is 2.37. The maximum absolute atomic E-state index is 2.57. The van der Waals surface area contributed by atoms with Gasteiger partial charge in [0.15, 0.2) is 0 Å². The summed E-state index contributed by atoms with van der Waals surface area (Å²) >= 11 is 4.14. The van der Waals surface area contributed by atoms with Gasteiger partial charge in [0, 0.05) is 37.7 Å². The van der Waals surface area contributed by atoms with E-state index in [1.165, 1.54) is 76.2 Å². The normalized spacial score (nSPS) is 24.8. The van der Waals surface area contributed by atoms with Crippen LogP contribution in [0.15, 0.2) is 0 Å². The van der Waals surface area contributed by atoms with Crippen LogP contribution < -0.4 is 0 Å². The maximum atomic E-state index is 2.57. The molecule has 0 aliphatic carbocycles. The highest BCUT2D eigenvalue weighted by atomic mass is 32.2. The third kappa shape index (κ3) is 4.86. The van der Waals surface area contributed by atoms with E-state index >= 15 is 0 Å².